The van der Waals surface area contributed by atoms with Crippen molar-refractivity contribution in [1.82, 2.24) is 0 Å². The molecule has 3 aromatic rings. The maximum absolute atomic E-state index is 10.3. The second-order valence-electron chi connectivity index (χ2n) is 5.96. The summed E-state index contributed by atoms with van der Waals surface area (Å²) in [7, 11) is 0. The number of benzene rings is 2. The van der Waals surface area contributed by atoms with E-state index in [9.17, 15) is 5.11 Å². The molecule has 1 aromatic heterocycles. The molecular formula is C20H19N2OS+. The summed E-state index contributed by atoms with van der Waals surface area (Å²) >= 11 is 1.73. The molecule has 0 bridgehead atoms. The van der Waals surface area contributed by atoms with Crippen LogP contribution in [0.5, 0.6) is 5.75 Å². The van der Waals surface area contributed by atoms with Gasteiger partial charge in [-0.1, -0.05) is 48.5 Å². The highest BCUT2D eigenvalue weighted by Gasteiger charge is 2.31. The molecule has 1 aliphatic heterocycles. The van der Waals surface area contributed by atoms with Gasteiger partial charge in [-0.25, -0.2) is 4.99 Å². The van der Waals surface area contributed by atoms with E-state index in [1.165, 1.54) is 4.88 Å². The molecule has 2 aromatic carbocycles. The van der Waals surface area contributed by atoms with Gasteiger partial charge in [-0.3, -0.25) is 0 Å². The van der Waals surface area contributed by atoms with Gasteiger partial charge in [0.15, 0.2) is 0 Å². The van der Waals surface area contributed by atoms with E-state index in [4.69, 9.17) is 4.99 Å². The van der Waals surface area contributed by atoms with Crippen LogP contribution in [-0.2, 0) is 0 Å². The standard InChI is InChI=1S/C20H18N2OS/c23-18-10-5-4-9-15(18)17-13-16(14-7-2-1-3-8-14)21-20(22-17)19-11-6-12-24-19/h1-12,17,20,22-23H,13H2/p+1/t17-,20-/m1/s1. The fraction of sp³-hybridized carbons (Fsp3) is 0.150. The average molecular weight is 335 g/mol. The summed E-state index contributed by atoms with van der Waals surface area (Å²) in [5, 5.41) is 14.6. The monoisotopic (exact) mass is 335 g/mol. The number of aliphatic imine (C=N–C) groups is 1. The van der Waals surface area contributed by atoms with Crippen LogP contribution in [0.15, 0.2) is 77.1 Å². The Kier molecular flexibility index (Phi) is 4.15. The lowest BCUT2D eigenvalue weighted by Gasteiger charge is -2.27. The van der Waals surface area contributed by atoms with Crippen molar-refractivity contribution in [3.8, 4) is 5.75 Å². The van der Waals surface area contributed by atoms with Crippen molar-refractivity contribution in [2.45, 2.75) is 18.6 Å². The molecule has 120 valence electrons. The number of nitrogens with zero attached hydrogens (tertiary/aromatic N) is 1. The van der Waals surface area contributed by atoms with Crippen LogP contribution in [0, 0.1) is 0 Å². The zero-order valence-corrected chi connectivity index (χ0v) is 14.0. The topological polar surface area (TPSA) is 49.2 Å². The predicted molar refractivity (Wildman–Crippen MR) is 97.4 cm³/mol. The smallest absolute Gasteiger partial charge is 0.215 e. The summed E-state index contributed by atoms with van der Waals surface area (Å²) in [4.78, 5) is 6.23. The van der Waals surface area contributed by atoms with Gasteiger partial charge in [-0.05, 0) is 29.1 Å². The Morgan fingerprint density at radius 2 is 1.75 bits per heavy atom. The van der Waals surface area contributed by atoms with Gasteiger partial charge in [0.1, 0.15) is 11.8 Å². The molecule has 0 saturated heterocycles. The minimum atomic E-state index is 0.0403. The quantitative estimate of drug-likeness (QED) is 0.754. The van der Waals surface area contributed by atoms with Crippen molar-refractivity contribution in [3.63, 3.8) is 0 Å². The van der Waals surface area contributed by atoms with Crippen molar-refractivity contribution in [3.05, 3.63) is 88.1 Å². The van der Waals surface area contributed by atoms with Crippen molar-refractivity contribution in [2.75, 3.05) is 0 Å². The number of thiophene rings is 1. The molecule has 2 heterocycles. The third-order valence-corrected chi connectivity index (χ3v) is 5.34. The molecule has 24 heavy (non-hydrogen) atoms. The van der Waals surface area contributed by atoms with Crippen LogP contribution < -0.4 is 5.32 Å². The van der Waals surface area contributed by atoms with E-state index in [0.29, 0.717) is 5.75 Å². The lowest BCUT2D eigenvalue weighted by atomic mass is 9.94. The zero-order valence-electron chi connectivity index (χ0n) is 13.2. The molecule has 0 unspecified atom stereocenters. The Hall–Kier alpha value is -2.43. The molecule has 3 nitrogen and oxygen atoms in total. The summed E-state index contributed by atoms with van der Waals surface area (Å²) in [6, 6.07) is 22.3. The zero-order chi connectivity index (χ0) is 16.4. The van der Waals surface area contributed by atoms with Gasteiger partial charge in [-0.2, -0.15) is 0 Å². The lowest BCUT2D eigenvalue weighted by molar-refractivity contribution is -0.734. The van der Waals surface area contributed by atoms with E-state index >= 15 is 0 Å². The molecule has 0 fully saturated rings. The van der Waals surface area contributed by atoms with Gasteiger partial charge < -0.3 is 10.4 Å². The first kappa shape index (κ1) is 15.1. The summed E-state index contributed by atoms with van der Waals surface area (Å²) in [5.41, 5.74) is 3.24. The van der Waals surface area contributed by atoms with Crippen LogP contribution >= 0.6 is 11.3 Å². The Balaban J connectivity index is 1.74. The third-order valence-electron chi connectivity index (χ3n) is 4.40. The highest BCUT2D eigenvalue weighted by Crippen LogP contribution is 2.30. The fourth-order valence-electron chi connectivity index (χ4n) is 3.22. The first-order valence-electron chi connectivity index (χ1n) is 8.09. The van der Waals surface area contributed by atoms with Crippen LogP contribution in [0.4, 0.5) is 0 Å². The van der Waals surface area contributed by atoms with Gasteiger partial charge in [0.2, 0.25) is 6.17 Å². The van der Waals surface area contributed by atoms with Crippen molar-refractivity contribution in [2.24, 2.45) is 4.99 Å². The summed E-state index contributed by atoms with van der Waals surface area (Å²) in [6.45, 7) is 0. The lowest BCUT2D eigenvalue weighted by Crippen LogP contribution is -2.87. The highest BCUT2D eigenvalue weighted by atomic mass is 32.1. The van der Waals surface area contributed by atoms with E-state index in [1.807, 2.05) is 36.4 Å². The molecule has 1 aliphatic rings. The van der Waals surface area contributed by atoms with Crippen molar-refractivity contribution >= 4 is 17.0 Å². The van der Waals surface area contributed by atoms with Gasteiger partial charge in [-0.15, -0.1) is 11.3 Å². The van der Waals surface area contributed by atoms with Gasteiger partial charge in [0, 0.05) is 6.42 Å². The minimum Gasteiger partial charge on any atom is -0.507 e. The minimum absolute atomic E-state index is 0.0403. The normalized spacial score (nSPS) is 20.6. The van der Waals surface area contributed by atoms with Crippen molar-refractivity contribution in [1.29, 1.82) is 0 Å². The molecule has 4 rings (SSSR count). The number of nitrogens with two attached hydrogens (primary N) is 1. The van der Waals surface area contributed by atoms with Crippen LogP contribution in [0.1, 0.15) is 34.6 Å². The second-order valence-corrected chi connectivity index (χ2v) is 6.94. The largest absolute Gasteiger partial charge is 0.507 e. The number of phenolic OH excluding ortho intramolecular Hbond substituents is 1. The highest BCUT2D eigenvalue weighted by molar-refractivity contribution is 7.10. The maximum atomic E-state index is 10.3. The van der Waals surface area contributed by atoms with E-state index in [2.05, 4.69) is 35.0 Å². The van der Waals surface area contributed by atoms with Gasteiger partial charge in [0.25, 0.3) is 0 Å². The average Bonchev–Trinajstić information content (AvgIpc) is 3.17. The molecule has 3 N–H and O–H groups in total. The number of rotatable bonds is 3. The number of quaternary nitrogens is 1. The number of hydrogen-bond acceptors (Lipinski definition) is 3. The van der Waals surface area contributed by atoms with E-state index in [-0.39, 0.29) is 12.2 Å². The van der Waals surface area contributed by atoms with Crippen LogP contribution in [0.3, 0.4) is 0 Å². The molecule has 0 saturated carbocycles. The third kappa shape index (κ3) is 2.98. The fourth-order valence-corrected chi connectivity index (χ4v) is 3.96. The first-order chi connectivity index (χ1) is 11.8. The SMILES string of the molecule is Oc1ccccc1[C@H]1CC(c2ccccc2)=N[C@@H](c2cccs2)[NH2+]1. The molecule has 0 aliphatic carbocycles. The Morgan fingerprint density at radius 1 is 0.958 bits per heavy atom. The summed E-state index contributed by atoms with van der Waals surface area (Å²) in [5.74, 6) is 0.359. The molecule has 0 radical (unpaired) electrons. The number of para-hydroxylation sites is 1. The molecule has 2 atom stereocenters. The molecule has 0 spiro atoms. The molecule has 0 amide bonds. The Labute approximate surface area is 145 Å². The molecular weight excluding hydrogens is 316 g/mol. The number of hydrogen-bond donors (Lipinski definition) is 2. The number of aromatic hydroxyl groups is 1. The first-order valence-corrected chi connectivity index (χ1v) is 8.97. The van der Waals surface area contributed by atoms with Gasteiger partial charge in [0.05, 0.1) is 16.2 Å². The molecule has 4 heteroatoms. The van der Waals surface area contributed by atoms with Crippen LogP contribution in [0.25, 0.3) is 0 Å². The van der Waals surface area contributed by atoms with E-state index in [0.717, 1.165) is 23.3 Å². The Bertz CT molecular complexity index is 843. The summed E-state index contributed by atoms with van der Waals surface area (Å²) < 4.78 is 0. The Morgan fingerprint density at radius 3 is 2.50 bits per heavy atom. The number of phenols is 1. The van der Waals surface area contributed by atoms with E-state index in [1.54, 1.807) is 17.4 Å². The second kappa shape index (κ2) is 6.59. The predicted octanol–water partition coefficient (Wildman–Crippen LogP) is 3.65. The van der Waals surface area contributed by atoms with Crippen LogP contribution in [-0.4, -0.2) is 10.8 Å². The summed E-state index contributed by atoms with van der Waals surface area (Å²) in [6.07, 6.45) is 0.849. The van der Waals surface area contributed by atoms with Crippen molar-refractivity contribution < 1.29 is 10.4 Å². The maximum Gasteiger partial charge on any atom is 0.215 e. The van der Waals surface area contributed by atoms with E-state index < -0.39 is 0 Å². The van der Waals surface area contributed by atoms with Gasteiger partial charge >= 0.3 is 0 Å². The van der Waals surface area contributed by atoms with Crippen LogP contribution in [0.2, 0.25) is 0 Å².